The highest BCUT2D eigenvalue weighted by molar-refractivity contribution is 8.02. The number of ether oxygens (including phenoxy) is 1. The molecule has 0 amide bonds. The van der Waals surface area contributed by atoms with Gasteiger partial charge in [-0.25, -0.2) is 4.99 Å². The molecule has 5 rings (SSSR count). The van der Waals surface area contributed by atoms with Gasteiger partial charge in [-0.2, -0.15) is 0 Å². The zero-order chi connectivity index (χ0) is 18.6. The topological polar surface area (TPSA) is 38.7 Å². The zero-order valence-electron chi connectivity index (χ0n) is 14.4. The first-order valence-corrected chi connectivity index (χ1v) is 9.69. The molecule has 27 heavy (non-hydrogen) atoms. The van der Waals surface area contributed by atoms with Crippen LogP contribution in [0.5, 0.6) is 5.75 Å². The van der Waals surface area contributed by atoms with Crippen molar-refractivity contribution in [2.75, 3.05) is 7.11 Å². The monoisotopic (exact) mass is 391 g/mol. The molecule has 2 aliphatic rings. The highest BCUT2D eigenvalue weighted by atomic mass is 35.5. The predicted octanol–water partition coefficient (Wildman–Crippen LogP) is 5.67. The number of ketones is 1. The number of halogens is 1. The highest BCUT2D eigenvalue weighted by Crippen LogP contribution is 2.56. The fourth-order valence-electron chi connectivity index (χ4n) is 3.70. The molecule has 0 aromatic heterocycles. The number of rotatable bonds is 2. The van der Waals surface area contributed by atoms with E-state index in [0.29, 0.717) is 10.6 Å². The van der Waals surface area contributed by atoms with Gasteiger partial charge in [-0.3, -0.25) is 4.79 Å². The van der Waals surface area contributed by atoms with Crippen LogP contribution in [0.1, 0.15) is 21.5 Å². The van der Waals surface area contributed by atoms with Crippen LogP contribution in [0.3, 0.4) is 0 Å². The maximum Gasteiger partial charge on any atom is 0.190 e. The van der Waals surface area contributed by atoms with Gasteiger partial charge in [0.25, 0.3) is 0 Å². The lowest BCUT2D eigenvalue weighted by molar-refractivity contribution is 0.0976. The van der Waals surface area contributed by atoms with Gasteiger partial charge in [-0.15, -0.1) is 0 Å². The van der Waals surface area contributed by atoms with Crippen molar-refractivity contribution in [3.8, 4) is 5.75 Å². The lowest BCUT2D eigenvalue weighted by Gasteiger charge is -2.32. The molecule has 3 aromatic rings. The zero-order valence-corrected chi connectivity index (χ0v) is 16.0. The molecule has 3 nitrogen and oxygen atoms in total. The van der Waals surface area contributed by atoms with Crippen molar-refractivity contribution >= 4 is 40.5 Å². The minimum absolute atomic E-state index is 0.0534. The van der Waals surface area contributed by atoms with Gasteiger partial charge in [-0.05, 0) is 35.9 Å². The SMILES string of the molecule is COc1ccc2c(c1)SC1(c3ccc(Cl)cc3)C(=O)c3ccccc3C1=N2. The van der Waals surface area contributed by atoms with Crippen molar-refractivity contribution in [1.82, 2.24) is 0 Å². The minimum atomic E-state index is -0.909. The Kier molecular flexibility index (Phi) is 3.67. The summed E-state index contributed by atoms with van der Waals surface area (Å²) < 4.78 is 4.46. The number of fused-ring (bicyclic) bond motifs is 4. The van der Waals surface area contributed by atoms with Crippen LogP contribution in [0.15, 0.2) is 76.6 Å². The van der Waals surface area contributed by atoms with E-state index < -0.39 is 4.75 Å². The third kappa shape index (κ3) is 2.30. The molecular formula is C22H14ClNO2S. The molecule has 132 valence electrons. The number of nitrogens with zero attached hydrogens (tertiary/aromatic N) is 1. The Morgan fingerprint density at radius 3 is 2.48 bits per heavy atom. The number of carbonyl (C=O) groups excluding carboxylic acids is 1. The van der Waals surface area contributed by atoms with Gasteiger partial charge < -0.3 is 4.74 Å². The summed E-state index contributed by atoms with van der Waals surface area (Å²) in [7, 11) is 1.63. The first-order chi connectivity index (χ1) is 13.1. The summed E-state index contributed by atoms with van der Waals surface area (Å²) in [5.41, 5.74) is 4.12. The molecule has 0 radical (unpaired) electrons. The van der Waals surface area contributed by atoms with E-state index in [9.17, 15) is 4.79 Å². The second-order valence-corrected chi connectivity index (χ2v) is 8.15. The van der Waals surface area contributed by atoms with Gasteiger partial charge in [-0.1, -0.05) is 59.8 Å². The van der Waals surface area contributed by atoms with E-state index in [2.05, 4.69) is 0 Å². The quantitative estimate of drug-likeness (QED) is 0.565. The van der Waals surface area contributed by atoms with Gasteiger partial charge >= 0.3 is 0 Å². The molecule has 1 aliphatic carbocycles. The van der Waals surface area contributed by atoms with Crippen LogP contribution in [-0.4, -0.2) is 18.6 Å². The van der Waals surface area contributed by atoms with Crippen molar-refractivity contribution in [1.29, 1.82) is 0 Å². The maximum absolute atomic E-state index is 13.6. The van der Waals surface area contributed by atoms with Crippen molar-refractivity contribution in [3.63, 3.8) is 0 Å². The van der Waals surface area contributed by atoms with Crippen LogP contribution < -0.4 is 4.74 Å². The van der Waals surface area contributed by atoms with E-state index in [4.69, 9.17) is 21.3 Å². The molecule has 5 heteroatoms. The summed E-state index contributed by atoms with van der Waals surface area (Å²) in [6.45, 7) is 0. The Morgan fingerprint density at radius 2 is 1.74 bits per heavy atom. The molecule has 0 saturated carbocycles. The van der Waals surface area contributed by atoms with Crippen LogP contribution in [0, 0.1) is 0 Å². The fourth-order valence-corrected chi connectivity index (χ4v) is 5.26. The van der Waals surface area contributed by atoms with Crippen LogP contribution in [-0.2, 0) is 4.75 Å². The molecule has 0 spiro atoms. The van der Waals surface area contributed by atoms with Gasteiger partial charge in [0.1, 0.15) is 5.75 Å². The summed E-state index contributed by atoms with van der Waals surface area (Å²) in [5.74, 6) is 0.798. The van der Waals surface area contributed by atoms with E-state index in [1.165, 1.54) is 11.8 Å². The normalized spacial score (nSPS) is 19.8. The minimum Gasteiger partial charge on any atom is -0.497 e. The Morgan fingerprint density at radius 1 is 1.00 bits per heavy atom. The molecule has 0 saturated heterocycles. The van der Waals surface area contributed by atoms with Crippen LogP contribution in [0.4, 0.5) is 5.69 Å². The van der Waals surface area contributed by atoms with Crippen molar-refractivity contribution in [2.24, 2.45) is 4.99 Å². The average molecular weight is 392 g/mol. The number of hydrogen-bond donors (Lipinski definition) is 0. The summed E-state index contributed by atoms with van der Waals surface area (Å²) in [4.78, 5) is 19.5. The number of hydrogen-bond acceptors (Lipinski definition) is 4. The summed E-state index contributed by atoms with van der Waals surface area (Å²) >= 11 is 7.62. The Hall–Kier alpha value is -2.56. The molecule has 1 unspecified atom stereocenters. The lowest BCUT2D eigenvalue weighted by Crippen LogP contribution is -2.36. The van der Waals surface area contributed by atoms with Crippen LogP contribution >= 0.6 is 23.4 Å². The molecule has 1 atom stereocenters. The molecular weight excluding hydrogens is 378 g/mol. The summed E-state index contributed by atoms with van der Waals surface area (Å²) in [6, 6.07) is 20.9. The van der Waals surface area contributed by atoms with E-state index in [-0.39, 0.29) is 5.78 Å². The molecule has 0 bridgehead atoms. The second-order valence-electron chi connectivity index (χ2n) is 6.46. The average Bonchev–Trinajstić information content (AvgIpc) is 2.96. The van der Waals surface area contributed by atoms with Crippen molar-refractivity contribution in [2.45, 2.75) is 9.64 Å². The Balaban J connectivity index is 1.81. The third-order valence-corrected chi connectivity index (χ3v) is 6.71. The van der Waals surface area contributed by atoms with E-state index in [0.717, 1.165) is 33.2 Å². The Bertz CT molecular complexity index is 1120. The molecule has 0 fully saturated rings. The lowest BCUT2D eigenvalue weighted by atomic mass is 9.92. The van der Waals surface area contributed by atoms with Crippen molar-refractivity contribution in [3.05, 3.63) is 88.4 Å². The predicted molar refractivity (Wildman–Crippen MR) is 109 cm³/mol. The van der Waals surface area contributed by atoms with E-state index in [1.54, 1.807) is 7.11 Å². The standard InChI is InChI=1S/C22H14ClNO2S/c1-26-15-10-11-18-19(12-15)27-22(13-6-8-14(23)9-7-13)20(24-18)16-4-2-3-5-17(16)21(22)25/h2-12H,1H3. The number of thioether (sulfide) groups is 1. The number of methoxy groups -OCH3 is 1. The van der Waals surface area contributed by atoms with E-state index in [1.807, 2.05) is 66.7 Å². The van der Waals surface area contributed by atoms with E-state index >= 15 is 0 Å². The van der Waals surface area contributed by atoms with Crippen LogP contribution in [0.25, 0.3) is 0 Å². The molecule has 1 heterocycles. The number of aliphatic imine (C=N–C) groups is 1. The smallest absolute Gasteiger partial charge is 0.190 e. The number of benzene rings is 3. The fraction of sp³-hybridized carbons (Fsp3) is 0.0909. The summed E-state index contributed by atoms with van der Waals surface area (Å²) in [6.07, 6.45) is 0. The molecule has 0 N–H and O–H groups in total. The van der Waals surface area contributed by atoms with Gasteiger partial charge in [0.05, 0.1) is 18.5 Å². The first-order valence-electron chi connectivity index (χ1n) is 8.50. The molecule has 1 aliphatic heterocycles. The van der Waals surface area contributed by atoms with Gasteiger partial charge in [0, 0.05) is 21.0 Å². The third-order valence-electron chi connectivity index (χ3n) is 4.99. The number of Topliss-reactive ketones (excluding diaryl/α,β-unsaturated/α-hetero) is 1. The van der Waals surface area contributed by atoms with Crippen LogP contribution in [0.2, 0.25) is 5.02 Å². The highest BCUT2D eigenvalue weighted by Gasteiger charge is 2.54. The number of carbonyl (C=O) groups is 1. The Labute approximate surface area is 166 Å². The molecule has 3 aromatic carbocycles. The largest absolute Gasteiger partial charge is 0.497 e. The van der Waals surface area contributed by atoms with Crippen molar-refractivity contribution < 1.29 is 9.53 Å². The first kappa shape index (κ1) is 16.6. The second kappa shape index (κ2) is 5.98. The summed E-state index contributed by atoms with van der Waals surface area (Å²) in [5, 5.41) is 0.638. The van der Waals surface area contributed by atoms with Gasteiger partial charge in [0.2, 0.25) is 0 Å². The van der Waals surface area contributed by atoms with Gasteiger partial charge in [0.15, 0.2) is 10.5 Å². The maximum atomic E-state index is 13.6.